The van der Waals surface area contributed by atoms with Crippen LogP contribution in [0, 0.1) is 0 Å². The van der Waals surface area contributed by atoms with Gasteiger partial charge in [-0.1, -0.05) is 32.4 Å². The Morgan fingerprint density at radius 3 is 2.54 bits per heavy atom. The zero-order valence-corrected chi connectivity index (χ0v) is 15.9. The molecule has 0 aliphatic carbocycles. The number of anilines is 1. The van der Waals surface area contributed by atoms with E-state index >= 15 is 0 Å². The van der Waals surface area contributed by atoms with Crippen LogP contribution < -0.4 is 9.64 Å². The molecule has 0 saturated carbocycles. The predicted molar refractivity (Wildman–Crippen MR) is 105 cm³/mol. The van der Waals surface area contributed by atoms with Gasteiger partial charge in [-0.05, 0) is 42.5 Å². The second-order valence-electron chi connectivity index (χ2n) is 6.31. The number of hydrogen-bond donors (Lipinski definition) is 0. The number of carbonyl (C=O) groups is 1. The summed E-state index contributed by atoms with van der Waals surface area (Å²) in [6.07, 6.45) is 9.26. The summed E-state index contributed by atoms with van der Waals surface area (Å²) >= 11 is 0. The predicted octanol–water partition coefficient (Wildman–Crippen LogP) is 3.86. The van der Waals surface area contributed by atoms with E-state index in [4.69, 9.17) is 4.74 Å². The van der Waals surface area contributed by atoms with E-state index in [1.807, 2.05) is 36.7 Å². The number of nitrogens with zero attached hydrogens (tertiary/aromatic N) is 3. The topological polar surface area (TPSA) is 55.3 Å². The fraction of sp³-hybridized carbons (Fsp3) is 0.476. The van der Waals surface area contributed by atoms with Crippen LogP contribution in [-0.2, 0) is 17.6 Å². The van der Waals surface area contributed by atoms with Gasteiger partial charge in [0.25, 0.3) is 0 Å². The molecular formula is C21H29N3O2. The molecule has 0 aliphatic heterocycles. The third-order valence-corrected chi connectivity index (χ3v) is 4.22. The smallest absolute Gasteiger partial charge is 0.225 e. The number of aldehydes is 1. The Morgan fingerprint density at radius 1 is 1.08 bits per heavy atom. The minimum Gasteiger partial charge on any atom is -0.494 e. The van der Waals surface area contributed by atoms with Crippen molar-refractivity contribution < 1.29 is 9.53 Å². The standard InChI is InChI=1S/C21H29N3O2/c1-3-5-11-24(21-22-16-18(4-2)17-23-21)12-7-14-26-20-9-6-8-19(15-20)10-13-25/h6,8-9,13,15-17H,3-5,7,10-12,14H2,1-2H3. The van der Waals surface area contributed by atoms with E-state index in [1.54, 1.807) is 0 Å². The lowest BCUT2D eigenvalue weighted by atomic mass is 10.1. The molecule has 0 atom stereocenters. The lowest BCUT2D eigenvalue weighted by molar-refractivity contribution is -0.107. The molecule has 0 unspecified atom stereocenters. The van der Waals surface area contributed by atoms with Gasteiger partial charge in [-0.15, -0.1) is 0 Å². The first kappa shape index (κ1) is 19.9. The minimum atomic E-state index is 0.424. The van der Waals surface area contributed by atoms with Crippen LogP contribution in [0.15, 0.2) is 36.7 Å². The van der Waals surface area contributed by atoms with Crippen LogP contribution in [0.5, 0.6) is 5.75 Å². The maximum Gasteiger partial charge on any atom is 0.225 e. The fourth-order valence-electron chi connectivity index (χ4n) is 2.66. The normalized spacial score (nSPS) is 10.5. The fourth-order valence-corrected chi connectivity index (χ4v) is 2.66. The largest absolute Gasteiger partial charge is 0.494 e. The van der Waals surface area contributed by atoms with Crippen molar-refractivity contribution in [2.24, 2.45) is 0 Å². The number of aryl methyl sites for hydroxylation is 1. The summed E-state index contributed by atoms with van der Waals surface area (Å²) in [5.74, 6) is 1.61. The van der Waals surface area contributed by atoms with Gasteiger partial charge in [-0.3, -0.25) is 0 Å². The molecule has 0 saturated heterocycles. The maximum atomic E-state index is 10.6. The molecule has 0 bridgehead atoms. The molecule has 1 aromatic carbocycles. The molecule has 140 valence electrons. The van der Waals surface area contributed by atoms with E-state index in [0.717, 1.165) is 67.9 Å². The van der Waals surface area contributed by atoms with Crippen molar-refractivity contribution in [3.05, 3.63) is 47.8 Å². The highest BCUT2D eigenvalue weighted by Gasteiger charge is 2.09. The van der Waals surface area contributed by atoms with E-state index < -0.39 is 0 Å². The van der Waals surface area contributed by atoms with Crippen molar-refractivity contribution in [1.82, 2.24) is 9.97 Å². The molecule has 2 rings (SSSR count). The van der Waals surface area contributed by atoms with Crippen LogP contribution in [0.25, 0.3) is 0 Å². The summed E-state index contributed by atoms with van der Waals surface area (Å²) < 4.78 is 5.84. The summed E-state index contributed by atoms with van der Waals surface area (Å²) in [5.41, 5.74) is 2.13. The first-order valence-electron chi connectivity index (χ1n) is 9.48. The Balaban J connectivity index is 1.86. The highest BCUT2D eigenvalue weighted by molar-refractivity contribution is 5.55. The highest BCUT2D eigenvalue weighted by Crippen LogP contribution is 2.14. The number of benzene rings is 1. The van der Waals surface area contributed by atoms with Crippen LogP contribution in [-0.4, -0.2) is 36.0 Å². The van der Waals surface area contributed by atoms with Crippen molar-refractivity contribution in [3.63, 3.8) is 0 Å². The molecular weight excluding hydrogens is 326 g/mol. The van der Waals surface area contributed by atoms with Crippen LogP contribution in [0.1, 0.15) is 44.2 Å². The molecule has 1 aromatic heterocycles. The van der Waals surface area contributed by atoms with Gasteiger partial charge in [-0.2, -0.15) is 0 Å². The molecule has 0 aliphatic rings. The third kappa shape index (κ3) is 6.47. The van der Waals surface area contributed by atoms with Crippen molar-refractivity contribution in [3.8, 4) is 5.75 Å². The SMILES string of the molecule is CCCCN(CCCOc1cccc(CC=O)c1)c1ncc(CC)cn1. The highest BCUT2D eigenvalue weighted by atomic mass is 16.5. The number of hydrogen-bond acceptors (Lipinski definition) is 5. The summed E-state index contributed by atoms with van der Waals surface area (Å²) in [6.45, 7) is 6.74. The van der Waals surface area contributed by atoms with Crippen LogP contribution in [0.4, 0.5) is 5.95 Å². The van der Waals surface area contributed by atoms with Gasteiger partial charge >= 0.3 is 0 Å². The van der Waals surface area contributed by atoms with Crippen LogP contribution in [0.3, 0.4) is 0 Å². The lowest BCUT2D eigenvalue weighted by Crippen LogP contribution is -2.28. The average Bonchev–Trinajstić information content (AvgIpc) is 2.68. The maximum absolute atomic E-state index is 10.6. The molecule has 0 radical (unpaired) electrons. The first-order valence-corrected chi connectivity index (χ1v) is 9.48. The molecule has 5 heteroatoms. The van der Waals surface area contributed by atoms with E-state index in [0.29, 0.717) is 13.0 Å². The summed E-state index contributed by atoms with van der Waals surface area (Å²) in [4.78, 5) is 21.9. The molecule has 0 amide bonds. The summed E-state index contributed by atoms with van der Waals surface area (Å²) in [5, 5.41) is 0. The number of ether oxygens (including phenoxy) is 1. The van der Waals surface area contributed by atoms with Gasteiger partial charge in [-0.25, -0.2) is 9.97 Å². The Morgan fingerprint density at radius 2 is 1.85 bits per heavy atom. The zero-order chi connectivity index (χ0) is 18.6. The Bertz CT molecular complexity index is 659. The van der Waals surface area contributed by atoms with Crippen LogP contribution >= 0.6 is 0 Å². The van der Waals surface area contributed by atoms with E-state index in [1.165, 1.54) is 0 Å². The average molecular weight is 355 g/mol. The van der Waals surface area contributed by atoms with Gasteiger partial charge in [0.2, 0.25) is 5.95 Å². The van der Waals surface area contributed by atoms with E-state index in [2.05, 4.69) is 28.7 Å². The summed E-state index contributed by atoms with van der Waals surface area (Å²) in [7, 11) is 0. The van der Waals surface area contributed by atoms with Gasteiger partial charge in [0.15, 0.2) is 0 Å². The molecule has 0 fully saturated rings. The van der Waals surface area contributed by atoms with Crippen molar-refractivity contribution in [2.75, 3.05) is 24.6 Å². The van der Waals surface area contributed by atoms with E-state index in [-0.39, 0.29) is 0 Å². The van der Waals surface area contributed by atoms with E-state index in [9.17, 15) is 4.79 Å². The number of carbonyl (C=O) groups excluding carboxylic acids is 1. The van der Waals surface area contributed by atoms with Gasteiger partial charge < -0.3 is 14.4 Å². The number of unbranched alkanes of at least 4 members (excludes halogenated alkanes) is 1. The third-order valence-electron chi connectivity index (χ3n) is 4.22. The lowest BCUT2D eigenvalue weighted by Gasteiger charge is -2.22. The van der Waals surface area contributed by atoms with Gasteiger partial charge in [0, 0.05) is 31.9 Å². The van der Waals surface area contributed by atoms with Crippen molar-refractivity contribution in [2.45, 2.75) is 46.0 Å². The molecule has 1 heterocycles. The van der Waals surface area contributed by atoms with Crippen LogP contribution in [0.2, 0.25) is 0 Å². The Labute approximate surface area is 156 Å². The molecule has 2 aromatic rings. The van der Waals surface area contributed by atoms with Crippen molar-refractivity contribution in [1.29, 1.82) is 0 Å². The first-order chi connectivity index (χ1) is 12.8. The van der Waals surface area contributed by atoms with Crippen molar-refractivity contribution >= 4 is 12.2 Å². The summed E-state index contributed by atoms with van der Waals surface area (Å²) in [6, 6.07) is 7.71. The molecule has 5 nitrogen and oxygen atoms in total. The Kier molecular flexibility index (Phi) is 8.60. The van der Waals surface area contributed by atoms with Gasteiger partial charge in [0.1, 0.15) is 12.0 Å². The number of rotatable bonds is 12. The monoisotopic (exact) mass is 355 g/mol. The second kappa shape index (κ2) is 11.2. The zero-order valence-electron chi connectivity index (χ0n) is 15.9. The number of aromatic nitrogens is 2. The second-order valence-corrected chi connectivity index (χ2v) is 6.31. The minimum absolute atomic E-state index is 0.424. The quantitative estimate of drug-likeness (QED) is 0.427. The van der Waals surface area contributed by atoms with Gasteiger partial charge in [0.05, 0.1) is 6.61 Å². The Hall–Kier alpha value is -2.43. The molecule has 0 spiro atoms. The molecule has 26 heavy (non-hydrogen) atoms. The molecule has 0 N–H and O–H groups in total.